The van der Waals surface area contributed by atoms with E-state index in [2.05, 4.69) is 11.3 Å². The number of nitrogens with one attached hydrogen (secondary N) is 1. The van der Waals surface area contributed by atoms with Gasteiger partial charge in [-0.05, 0) is 37.5 Å². The molecule has 7 heteroatoms. The zero-order valence-electron chi connectivity index (χ0n) is 10.8. The lowest BCUT2D eigenvalue weighted by Crippen LogP contribution is -2.25. The fourth-order valence-electron chi connectivity index (χ4n) is 1.51. The monoisotopic (exact) mass is 284 g/mol. The molecule has 1 aromatic rings. The van der Waals surface area contributed by atoms with Gasteiger partial charge in [0.2, 0.25) is 10.0 Å². The maximum absolute atomic E-state index is 12.0. The van der Waals surface area contributed by atoms with Crippen LogP contribution >= 0.6 is 0 Å². The van der Waals surface area contributed by atoms with Gasteiger partial charge in [-0.3, -0.25) is 10.1 Å². The largest absolute Gasteiger partial charge is 0.289 e. The van der Waals surface area contributed by atoms with E-state index < -0.39 is 20.6 Å². The van der Waals surface area contributed by atoms with Crippen LogP contribution < -0.4 is 4.72 Å². The molecule has 0 aromatic heterocycles. The number of aryl methyl sites for hydroxylation is 2. The van der Waals surface area contributed by atoms with Crippen molar-refractivity contribution in [1.82, 2.24) is 4.72 Å². The maximum Gasteiger partial charge on any atom is 0.289 e. The Morgan fingerprint density at radius 3 is 2.47 bits per heavy atom. The van der Waals surface area contributed by atoms with E-state index in [1.54, 1.807) is 19.9 Å². The zero-order chi connectivity index (χ0) is 14.6. The quantitative estimate of drug-likeness (QED) is 0.375. The number of hydrogen-bond donors (Lipinski definition) is 1. The van der Waals surface area contributed by atoms with Crippen LogP contribution in [0.2, 0.25) is 0 Å². The molecule has 0 saturated heterocycles. The molecule has 1 N–H and O–H groups in total. The van der Waals surface area contributed by atoms with Gasteiger partial charge in [-0.15, -0.1) is 6.58 Å². The molecule has 0 bridgehead atoms. The summed E-state index contributed by atoms with van der Waals surface area (Å²) in [6.07, 6.45) is 2.02. The van der Waals surface area contributed by atoms with E-state index in [4.69, 9.17) is 0 Å². The lowest BCUT2D eigenvalue weighted by molar-refractivity contribution is -0.387. The standard InChI is InChI=1S/C12H16N2O4S/c1-4-5-6-13-19(17,18)12-8-10(3)9(2)7-11(12)14(15)16/h4,7-8,13H,1,5-6H2,2-3H3. The Hall–Kier alpha value is -1.73. The van der Waals surface area contributed by atoms with Gasteiger partial charge in [0.15, 0.2) is 4.90 Å². The summed E-state index contributed by atoms with van der Waals surface area (Å²) >= 11 is 0. The van der Waals surface area contributed by atoms with Crippen molar-refractivity contribution >= 4 is 15.7 Å². The van der Waals surface area contributed by atoms with Crippen molar-refractivity contribution in [2.24, 2.45) is 0 Å². The second-order valence-electron chi connectivity index (χ2n) is 4.14. The van der Waals surface area contributed by atoms with Crippen molar-refractivity contribution in [3.8, 4) is 0 Å². The first-order valence-electron chi connectivity index (χ1n) is 5.66. The number of sulfonamides is 1. The summed E-state index contributed by atoms with van der Waals surface area (Å²) in [5, 5.41) is 11.0. The van der Waals surface area contributed by atoms with Crippen molar-refractivity contribution in [3.63, 3.8) is 0 Å². The van der Waals surface area contributed by atoms with Gasteiger partial charge in [-0.2, -0.15) is 0 Å². The van der Waals surface area contributed by atoms with Gasteiger partial charge in [-0.25, -0.2) is 13.1 Å². The van der Waals surface area contributed by atoms with E-state index in [0.29, 0.717) is 17.5 Å². The van der Waals surface area contributed by atoms with Crippen molar-refractivity contribution in [1.29, 1.82) is 0 Å². The topological polar surface area (TPSA) is 89.3 Å². The minimum absolute atomic E-state index is 0.163. The number of hydrogen-bond acceptors (Lipinski definition) is 4. The maximum atomic E-state index is 12.0. The summed E-state index contributed by atoms with van der Waals surface area (Å²) in [6, 6.07) is 2.60. The van der Waals surface area contributed by atoms with Crippen LogP contribution in [0.4, 0.5) is 5.69 Å². The van der Waals surface area contributed by atoms with E-state index in [9.17, 15) is 18.5 Å². The first kappa shape index (κ1) is 15.3. The molecule has 0 spiro atoms. The fourth-order valence-corrected chi connectivity index (χ4v) is 2.79. The average molecular weight is 284 g/mol. The highest BCUT2D eigenvalue weighted by molar-refractivity contribution is 7.89. The molecule has 6 nitrogen and oxygen atoms in total. The molecule has 0 saturated carbocycles. The molecule has 0 radical (unpaired) electrons. The van der Waals surface area contributed by atoms with E-state index >= 15 is 0 Å². The van der Waals surface area contributed by atoms with Gasteiger partial charge in [0, 0.05) is 12.6 Å². The SMILES string of the molecule is C=CCCNS(=O)(=O)c1cc(C)c(C)cc1[N+](=O)[O-]. The Labute approximate surface area is 112 Å². The molecule has 0 amide bonds. The third-order valence-corrected chi connectivity index (χ3v) is 4.19. The summed E-state index contributed by atoms with van der Waals surface area (Å²) in [6.45, 7) is 7.05. The Bertz CT molecular complexity index is 608. The summed E-state index contributed by atoms with van der Waals surface area (Å²) in [5.74, 6) is 0. The average Bonchev–Trinajstić information content (AvgIpc) is 2.31. The molecule has 0 aliphatic carbocycles. The summed E-state index contributed by atoms with van der Waals surface area (Å²) in [4.78, 5) is 9.97. The molecule has 0 aliphatic heterocycles. The van der Waals surface area contributed by atoms with Crippen LogP contribution in [0.1, 0.15) is 17.5 Å². The van der Waals surface area contributed by atoms with Crippen molar-refractivity contribution in [2.75, 3.05) is 6.54 Å². The van der Waals surface area contributed by atoms with E-state index in [1.807, 2.05) is 0 Å². The number of nitrogens with zero attached hydrogens (tertiary/aromatic N) is 1. The molecular weight excluding hydrogens is 268 g/mol. The van der Waals surface area contributed by atoms with Crippen molar-refractivity contribution in [2.45, 2.75) is 25.2 Å². The first-order chi connectivity index (χ1) is 8.79. The molecule has 0 fully saturated rings. The summed E-state index contributed by atoms with van der Waals surface area (Å²) < 4.78 is 26.4. The Morgan fingerprint density at radius 2 is 1.95 bits per heavy atom. The number of nitro groups is 1. The van der Waals surface area contributed by atoms with Gasteiger partial charge in [0.1, 0.15) is 0 Å². The molecular formula is C12H16N2O4S. The second-order valence-corrected chi connectivity index (χ2v) is 5.87. The molecule has 0 atom stereocenters. The zero-order valence-corrected chi connectivity index (χ0v) is 11.7. The number of benzene rings is 1. The van der Waals surface area contributed by atoms with Gasteiger partial charge < -0.3 is 0 Å². The highest BCUT2D eigenvalue weighted by Crippen LogP contribution is 2.27. The Balaban J connectivity index is 3.28. The third kappa shape index (κ3) is 3.62. The van der Waals surface area contributed by atoms with Gasteiger partial charge in [-0.1, -0.05) is 6.08 Å². The van der Waals surface area contributed by atoms with Gasteiger partial charge >= 0.3 is 0 Å². The second kappa shape index (κ2) is 5.94. The van der Waals surface area contributed by atoms with Crippen LogP contribution in [-0.4, -0.2) is 19.9 Å². The summed E-state index contributed by atoms with van der Waals surface area (Å²) in [7, 11) is -3.89. The Morgan fingerprint density at radius 1 is 1.37 bits per heavy atom. The van der Waals surface area contributed by atoms with Crippen molar-refractivity contribution in [3.05, 3.63) is 46.0 Å². The highest BCUT2D eigenvalue weighted by atomic mass is 32.2. The minimum atomic E-state index is -3.89. The number of nitro benzene ring substituents is 1. The predicted molar refractivity (Wildman–Crippen MR) is 72.6 cm³/mol. The highest BCUT2D eigenvalue weighted by Gasteiger charge is 2.26. The van der Waals surface area contributed by atoms with Gasteiger partial charge in [0.25, 0.3) is 5.69 Å². The molecule has 19 heavy (non-hydrogen) atoms. The molecule has 104 valence electrons. The van der Waals surface area contributed by atoms with Crippen LogP contribution in [0.25, 0.3) is 0 Å². The lowest BCUT2D eigenvalue weighted by Gasteiger charge is -2.09. The first-order valence-corrected chi connectivity index (χ1v) is 7.14. The van der Waals surface area contributed by atoms with Crippen LogP contribution in [0.15, 0.2) is 29.7 Å². The Kier molecular flexibility index (Phi) is 4.79. The normalized spacial score (nSPS) is 11.3. The van der Waals surface area contributed by atoms with Crippen LogP contribution in [0.3, 0.4) is 0 Å². The third-order valence-electron chi connectivity index (χ3n) is 2.70. The van der Waals surface area contributed by atoms with E-state index in [-0.39, 0.29) is 11.4 Å². The van der Waals surface area contributed by atoms with Crippen LogP contribution in [0.5, 0.6) is 0 Å². The lowest BCUT2D eigenvalue weighted by atomic mass is 10.1. The molecule has 0 aliphatic rings. The van der Waals surface area contributed by atoms with E-state index in [1.165, 1.54) is 12.1 Å². The van der Waals surface area contributed by atoms with Crippen LogP contribution in [-0.2, 0) is 10.0 Å². The van der Waals surface area contributed by atoms with Crippen LogP contribution in [0, 0.1) is 24.0 Å². The molecule has 0 heterocycles. The molecule has 1 rings (SSSR count). The van der Waals surface area contributed by atoms with Crippen molar-refractivity contribution < 1.29 is 13.3 Å². The summed E-state index contributed by atoms with van der Waals surface area (Å²) in [5.41, 5.74) is 0.959. The fraction of sp³-hybridized carbons (Fsp3) is 0.333. The molecule has 1 aromatic carbocycles. The van der Waals surface area contributed by atoms with Gasteiger partial charge in [0.05, 0.1) is 4.92 Å². The number of rotatable bonds is 6. The predicted octanol–water partition coefficient (Wildman–Crippen LogP) is 2.07. The van der Waals surface area contributed by atoms with E-state index in [0.717, 1.165) is 0 Å². The smallest absolute Gasteiger partial charge is 0.258 e. The molecule has 0 unspecified atom stereocenters. The minimum Gasteiger partial charge on any atom is -0.258 e.